The number of anilines is 2. The van der Waals surface area contributed by atoms with Gasteiger partial charge in [-0.1, -0.05) is 0 Å². The van der Waals surface area contributed by atoms with E-state index in [0.717, 1.165) is 0 Å². The number of hydrogen-bond acceptors (Lipinski definition) is 6. The van der Waals surface area contributed by atoms with Crippen molar-refractivity contribution in [3.8, 4) is 6.07 Å². The first-order chi connectivity index (χ1) is 12.9. The molecule has 0 bridgehead atoms. The van der Waals surface area contributed by atoms with Crippen LogP contribution in [0.5, 0.6) is 0 Å². The number of benzene rings is 1. The quantitative estimate of drug-likeness (QED) is 0.717. The second-order valence-electron chi connectivity index (χ2n) is 6.30. The van der Waals surface area contributed by atoms with Crippen LogP contribution >= 0.6 is 0 Å². The summed E-state index contributed by atoms with van der Waals surface area (Å²) >= 11 is 0. The fourth-order valence-corrected chi connectivity index (χ4v) is 4.32. The number of fused-ring (bicyclic) bond motifs is 2. The van der Waals surface area contributed by atoms with Crippen molar-refractivity contribution in [2.75, 3.05) is 5.32 Å². The number of aromatic nitrogens is 3. The summed E-state index contributed by atoms with van der Waals surface area (Å²) in [6.07, 6.45) is 3.33. The van der Waals surface area contributed by atoms with Crippen molar-refractivity contribution < 1.29 is 8.42 Å². The first-order valence-corrected chi connectivity index (χ1v) is 9.76. The molecular formula is C18H15N5O3S. The van der Waals surface area contributed by atoms with Gasteiger partial charge in [0.15, 0.2) is 15.7 Å². The molecule has 1 aliphatic heterocycles. The SMILES string of the molecule is C[C@H](CC#N)n1nc(Nc2ccc3c(c2)C=CS3(=O)=O)c2c(=O)[nH]ccc21. The zero-order chi connectivity index (χ0) is 19.2. The number of hydrogen-bond donors (Lipinski definition) is 2. The number of nitrogens with zero attached hydrogens (tertiary/aromatic N) is 3. The van der Waals surface area contributed by atoms with Crippen molar-refractivity contribution in [2.24, 2.45) is 0 Å². The van der Waals surface area contributed by atoms with Crippen LogP contribution < -0.4 is 10.9 Å². The predicted octanol–water partition coefficient (Wildman–Crippen LogP) is 2.70. The zero-order valence-electron chi connectivity index (χ0n) is 14.3. The van der Waals surface area contributed by atoms with Crippen LogP contribution in [-0.4, -0.2) is 23.2 Å². The standard InChI is InChI=1S/C18H15N5O3S/c1-11(4-7-19)23-14-5-8-20-18(24)16(14)17(22-23)21-13-2-3-15-12(10-13)6-9-27(15,25)26/h2-3,5-6,8-11H,4H2,1H3,(H,20,24)(H,21,22)/t11-/m1/s1. The van der Waals surface area contributed by atoms with Gasteiger partial charge in [0.25, 0.3) is 5.56 Å². The van der Waals surface area contributed by atoms with E-state index in [1.807, 2.05) is 6.92 Å². The number of rotatable bonds is 4. The lowest BCUT2D eigenvalue weighted by atomic mass is 10.2. The maximum absolute atomic E-state index is 12.4. The Morgan fingerprint density at radius 2 is 2.19 bits per heavy atom. The highest BCUT2D eigenvalue weighted by molar-refractivity contribution is 7.94. The number of nitrogens with one attached hydrogen (secondary N) is 2. The molecule has 2 N–H and O–H groups in total. The molecule has 4 rings (SSSR count). The minimum Gasteiger partial charge on any atom is -0.338 e. The minimum atomic E-state index is -3.36. The lowest BCUT2D eigenvalue weighted by molar-refractivity contribution is 0.518. The first kappa shape index (κ1) is 17.1. The lowest BCUT2D eigenvalue weighted by Gasteiger charge is -2.09. The second kappa shape index (κ2) is 6.10. The molecular weight excluding hydrogens is 366 g/mol. The maximum Gasteiger partial charge on any atom is 0.261 e. The van der Waals surface area contributed by atoms with Crippen LogP contribution in [0, 0.1) is 11.3 Å². The predicted molar refractivity (Wildman–Crippen MR) is 101 cm³/mol. The van der Waals surface area contributed by atoms with Crippen LogP contribution in [0.15, 0.2) is 45.6 Å². The summed E-state index contributed by atoms with van der Waals surface area (Å²) in [7, 11) is -3.36. The molecule has 1 aromatic carbocycles. The Balaban J connectivity index is 1.80. The van der Waals surface area contributed by atoms with E-state index in [9.17, 15) is 13.2 Å². The smallest absolute Gasteiger partial charge is 0.261 e. The van der Waals surface area contributed by atoms with Crippen LogP contribution in [0.1, 0.15) is 24.9 Å². The second-order valence-corrected chi connectivity index (χ2v) is 8.10. The fourth-order valence-electron chi connectivity index (χ4n) is 3.13. The molecule has 1 aliphatic rings. The van der Waals surface area contributed by atoms with Crippen molar-refractivity contribution in [1.29, 1.82) is 5.26 Å². The van der Waals surface area contributed by atoms with Crippen molar-refractivity contribution in [3.63, 3.8) is 0 Å². The van der Waals surface area contributed by atoms with Gasteiger partial charge in [0.1, 0.15) is 5.39 Å². The molecule has 3 heterocycles. The first-order valence-electron chi connectivity index (χ1n) is 8.22. The molecule has 0 aliphatic carbocycles. The van der Waals surface area contributed by atoms with E-state index < -0.39 is 9.84 Å². The Morgan fingerprint density at radius 3 is 2.96 bits per heavy atom. The molecule has 3 aromatic rings. The van der Waals surface area contributed by atoms with Gasteiger partial charge in [-0.05, 0) is 42.8 Å². The van der Waals surface area contributed by atoms with Gasteiger partial charge in [-0.2, -0.15) is 10.4 Å². The summed E-state index contributed by atoms with van der Waals surface area (Å²) in [4.78, 5) is 15.2. The van der Waals surface area contributed by atoms with Gasteiger partial charge >= 0.3 is 0 Å². The fraction of sp³-hybridized carbons (Fsp3) is 0.167. The Morgan fingerprint density at radius 1 is 1.37 bits per heavy atom. The molecule has 0 spiro atoms. The van der Waals surface area contributed by atoms with Gasteiger partial charge < -0.3 is 10.3 Å². The molecule has 0 saturated heterocycles. The van der Waals surface area contributed by atoms with Gasteiger partial charge in [0, 0.05) is 17.3 Å². The van der Waals surface area contributed by atoms with Crippen LogP contribution in [0.25, 0.3) is 17.0 Å². The molecule has 8 nitrogen and oxygen atoms in total. The van der Waals surface area contributed by atoms with Gasteiger partial charge in [0.05, 0.1) is 28.9 Å². The highest BCUT2D eigenvalue weighted by Crippen LogP contribution is 2.31. The lowest BCUT2D eigenvalue weighted by Crippen LogP contribution is -2.08. The largest absolute Gasteiger partial charge is 0.338 e. The molecule has 0 amide bonds. The molecule has 1 atom stereocenters. The van der Waals surface area contributed by atoms with Crippen LogP contribution in [0.4, 0.5) is 11.5 Å². The van der Waals surface area contributed by atoms with Crippen molar-refractivity contribution >= 4 is 38.3 Å². The van der Waals surface area contributed by atoms with Crippen LogP contribution in [0.3, 0.4) is 0 Å². The van der Waals surface area contributed by atoms with Gasteiger partial charge in [0.2, 0.25) is 0 Å². The third kappa shape index (κ3) is 2.80. The molecule has 9 heteroatoms. The molecule has 0 unspecified atom stereocenters. The van der Waals surface area contributed by atoms with Crippen molar-refractivity contribution in [1.82, 2.24) is 14.8 Å². The number of nitriles is 1. The van der Waals surface area contributed by atoms with E-state index in [1.54, 1.807) is 22.9 Å². The third-order valence-corrected chi connectivity index (χ3v) is 5.92. The number of pyridine rings is 1. The topological polar surface area (TPSA) is 121 Å². The Hall–Kier alpha value is -3.38. The summed E-state index contributed by atoms with van der Waals surface area (Å²) in [5.41, 5.74) is 1.51. The van der Waals surface area contributed by atoms with Crippen molar-refractivity contribution in [3.05, 3.63) is 51.8 Å². The van der Waals surface area contributed by atoms with E-state index in [4.69, 9.17) is 5.26 Å². The number of aromatic amines is 1. The maximum atomic E-state index is 12.4. The number of H-pyrrole nitrogens is 1. The number of sulfone groups is 1. The third-order valence-electron chi connectivity index (χ3n) is 4.44. The molecule has 136 valence electrons. The van der Waals surface area contributed by atoms with E-state index in [0.29, 0.717) is 28.0 Å². The highest BCUT2D eigenvalue weighted by atomic mass is 32.2. The monoisotopic (exact) mass is 381 g/mol. The zero-order valence-corrected chi connectivity index (χ0v) is 15.1. The molecule has 2 aromatic heterocycles. The normalized spacial score (nSPS) is 15.4. The van der Waals surface area contributed by atoms with Crippen LogP contribution in [-0.2, 0) is 9.84 Å². The molecule has 0 fully saturated rings. The van der Waals surface area contributed by atoms with E-state index in [2.05, 4.69) is 21.5 Å². The van der Waals surface area contributed by atoms with Gasteiger partial charge in [-0.3, -0.25) is 9.48 Å². The summed E-state index contributed by atoms with van der Waals surface area (Å²) in [5.74, 6) is 0.349. The Labute approximate surface area is 154 Å². The average molecular weight is 381 g/mol. The van der Waals surface area contributed by atoms with E-state index in [-0.39, 0.29) is 22.9 Å². The highest BCUT2D eigenvalue weighted by Gasteiger charge is 2.22. The van der Waals surface area contributed by atoms with Gasteiger partial charge in [-0.25, -0.2) is 8.42 Å². The summed E-state index contributed by atoms with van der Waals surface area (Å²) in [5, 5.41) is 18.1. The summed E-state index contributed by atoms with van der Waals surface area (Å²) in [6, 6.07) is 8.48. The van der Waals surface area contributed by atoms with Gasteiger partial charge in [-0.15, -0.1) is 0 Å². The van der Waals surface area contributed by atoms with Crippen LogP contribution in [0.2, 0.25) is 0 Å². The van der Waals surface area contributed by atoms with E-state index in [1.165, 1.54) is 23.7 Å². The molecule has 0 radical (unpaired) electrons. The van der Waals surface area contributed by atoms with E-state index >= 15 is 0 Å². The molecule has 27 heavy (non-hydrogen) atoms. The minimum absolute atomic E-state index is 0.206. The Bertz CT molecular complexity index is 1290. The summed E-state index contributed by atoms with van der Waals surface area (Å²) < 4.78 is 25.4. The van der Waals surface area contributed by atoms with Crippen molar-refractivity contribution in [2.45, 2.75) is 24.3 Å². The Kier molecular flexibility index (Phi) is 3.86. The average Bonchev–Trinajstić information content (AvgIpc) is 3.14. The summed E-state index contributed by atoms with van der Waals surface area (Å²) in [6.45, 7) is 1.85. The molecule has 0 saturated carbocycles.